The SMILES string of the molecule is Cc1ccc([C@@]2(OC(=O)C(=[N+]=[N-])c3ccccc3)CN3CCCC[C@@H]32)cc1. The largest absolute Gasteiger partial charge is 0.442 e. The molecule has 2 aromatic rings. The minimum atomic E-state index is -0.685. The van der Waals surface area contributed by atoms with Gasteiger partial charge in [-0.05, 0) is 44.0 Å². The summed E-state index contributed by atoms with van der Waals surface area (Å²) in [7, 11) is 0. The first-order chi connectivity index (χ1) is 13.1. The highest BCUT2D eigenvalue weighted by atomic mass is 16.6. The first-order valence-electron chi connectivity index (χ1n) is 9.46. The summed E-state index contributed by atoms with van der Waals surface area (Å²) < 4.78 is 6.11. The molecule has 2 aromatic carbocycles. The summed E-state index contributed by atoms with van der Waals surface area (Å²) >= 11 is 0. The number of piperidine rings is 1. The van der Waals surface area contributed by atoms with Crippen LogP contribution in [0.15, 0.2) is 54.6 Å². The van der Waals surface area contributed by atoms with Crippen molar-refractivity contribution in [2.45, 2.75) is 37.8 Å². The van der Waals surface area contributed by atoms with Gasteiger partial charge in [-0.1, -0.05) is 54.4 Å². The van der Waals surface area contributed by atoms with Crippen LogP contribution in [0.5, 0.6) is 0 Å². The lowest BCUT2D eigenvalue weighted by Gasteiger charge is -2.58. The number of nitrogens with zero attached hydrogens (tertiary/aromatic N) is 3. The Morgan fingerprint density at radius 2 is 1.89 bits per heavy atom. The Labute approximate surface area is 159 Å². The number of aryl methyl sites for hydroxylation is 1. The molecule has 0 aromatic heterocycles. The van der Waals surface area contributed by atoms with Crippen LogP contribution in [0, 0.1) is 6.92 Å². The zero-order valence-electron chi connectivity index (χ0n) is 15.5. The van der Waals surface area contributed by atoms with E-state index < -0.39 is 11.6 Å². The van der Waals surface area contributed by atoms with E-state index in [1.807, 2.05) is 25.1 Å². The van der Waals surface area contributed by atoms with Crippen molar-refractivity contribution in [2.75, 3.05) is 13.1 Å². The van der Waals surface area contributed by atoms with Crippen molar-refractivity contribution in [1.29, 1.82) is 0 Å². The summed E-state index contributed by atoms with van der Waals surface area (Å²) in [6.07, 6.45) is 3.31. The Kier molecular flexibility index (Phi) is 4.65. The van der Waals surface area contributed by atoms with Gasteiger partial charge in [-0.25, -0.2) is 4.79 Å². The third-order valence-corrected chi connectivity index (χ3v) is 5.75. The molecule has 2 atom stereocenters. The van der Waals surface area contributed by atoms with E-state index in [-0.39, 0.29) is 11.8 Å². The number of carbonyl (C=O) groups excluding carboxylic acids is 1. The van der Waals surface area contributed by atoms with Crippen LogP contribution < -0.4 is 0 Å². The first kappa shape index (κ1) is 17.7. The van der Waals surface area contributed by atoms with Crippen molar-refractivity contribution >= 4 is 11.7 Å². The van der Waals surface area contributed by atoms with E-state index in [9.17, 15) is 10.3 Å². The van der Waals surface area contributed by atoms with Gasteiger partial charge < -0.3 is 10.3 Å². The molecule has 2 heterocycles. The maximum absolute atomic E-state index is 13.0. The molecule has 2 fully saturated rings. The van der Waals surface area contributed by atoms with Crippen LogP contribution in [0.25, 0.3) is 5.53 Å². The fourth-order valence-corrected chi connectivity index (χ4v) is 4.31. The van der Waals surface area contributed by atoms with Crippen LogP contribution in [0.1, 0.15) is 36.0 Å². The topological polar surface area (TPSA) is 65.9 Å². The standard InChI is InChI=1S/C22H23N3O2/c1-16-10-12-18(13-11-16)22(15-25-14-6-5-9-19(22)25)27-21(26)20(24-23)17-7-3-2-4-8-17/h2-4,7-8,10-13,19H,5-6,9,14-15H2,1H3/t19-,22+/m1/s1. The molecule has 138 valence electrons. The lowest BCUT2D eigenvalue weighted by Crippen LogP contribution is -2.70. The van der Waals surface area contributed by atoms with Crippen molar-refractivity contribution in [3.63, 3.8) is 0 Å². The van der Waals surface area contributed by atoms with Gasteiger partial charge in [0.25, 0.3) is 0 Å². The molecule has 0 unspecified atom stereocenters. The maximum atomic E-state index is 13.0. The molecule has 0 aliphatic carbocycles. The molecule has 0 N–H and O–H groups in total. The minimum Gasteiger partial charge on any atom is -0.442 e. The molecule has 4 rings (SSSR count). The summed E-state index contributed by atoms with van der Waals surface area (Å²) in [4.78, 5) is 18.6. The number of ether oxygens (including phenoxy) is 1. The van der Waals surface area contributed by atoms with Crippen LogP contribution in [0.4, 0.5) is 0 Å². The Bertz CT molecular complexity index is 888. The number of esters is 1. The molecule has 2 aliphatic heterocycles. The van der Waals surface area contributed by atoms with Crippen molar-refractivity contribution < 1.29 is 14.3 Å². The number of hydrogen-bond donors (Lipinski definition) is 0. The number of fused-ring (bicyclic) bond motifs is 1. The van der Waals surface area contributed by atoms with Gasteiger partial charge in [0.1, 0.15) is 0 Å². The van der Waals surface area contributed by atoms with Crippen molar-refractivity contribution in [3.05, 3.63) is 76.8 Å². The van der Waals surface area contributed by atoms with E-state index in [2.05, 4.69) is 21.8 Å². The predicted octanol–water partition coefficient (Wildman–Crippen LogP) is 3.32. The number of carbonyl (C=O) groups is 1. The Morgan fingerprint density at radius 3 is 2.56 bits per heavy atom. The molecule has 0 spiro atoms. The van der Waals surface area contributed by atoms with Crippen molar-refractivity contribution in [2.24, 2.45) is 0 Å². The monoisotopic (exact) mass is 361 g/mol. The highest BCUT2D eigenvalue weighted by Gasteiger charge is 2.58. The van der Waals surface area contributed by atoms with Crippen molar-refractivity contribution in [3.8, 4) is 0 Å². The molecule has 5 heteroatoms. The summed E-state index contributed by atoms with van der Waals surface area (Å²) in [6.45, 7) is 3.76. The third-order valence-electron chi connectivity index (χ3n) is 5.75. The van der Waals surface area contributed by atoms with Gasteiger partial charge in [0.05, 0.1) is 11.6 Å². The van der Waals surface area contributed by atoms with Gasteiger partial charge >= 0.3 is 11.7 Å². The molecule has 5 nitrogen and oxygen atoms in total. The van der Waals surface area contributed by atoms with Gasteiger partial charge in [0.2, 0.25) is 0 Å². The normalized spacial score (nSPS) is 24.3. The van der Waals surface area contributed by atoms with E-state index in [0.717, 1.165) is 24.9 Å². The van der Waals surface area contributed by atoms with Crippen LogP contribution in [0.3, 0.4) is 0 Å². The molecule has 0 amide bonds. The van der Waals surface area contributed by atoms with E-state index in [4.69, 9.17) is 4.74 Å². The predicted molar refractivity (Wildman–Crippen MR) is 102 cm³/mol. The summed E-state index contributed by atoms with van der Waals surface area (Å²) in [6, 6.07) is 17.3. The smallest absolute Gasteiger partial charge is 0.423 e. The van der Waals surface area contributed by atoms with E-state index in [0.29, 0.717) is 12.1 Å². The summed E-state index contributed by atoms with van der Waals surface area (Å²) in [5.41, 5.74) is 11.4. The fourth-order valence-electron chi connectivity index (χ4n) is 4.31. The van der Waals surface area contributed by atoms with Gasteiger partial charge in [0.15, 0.2) is 5.60 Å². The first-order valence-corrected chi connectivity index (χ1v) is 9.46. The second-order valence-electron chi connectivity index (χ2n) is 7.44. The molecule has 27 heavy (non-hydrogen) atoms. The fraction of sp³-hybridized carbons (Fsp3) is 0.364. The zero-order chi connectivity index (χ0) is 18.9. The van der Waals surface area contributed by atoms with E-state index in [1.165, 1.54) is 12.0 Å². The second-order valence-corrected chi connectivity index (χ2v) is 7.44. The highest BCUT2D eigenvalue weighted by molar-refractivity contribution is 6.40. The summed E-state index contributed by atoms with van der Waals surface area (Å²) in [5, 5.41) is 0. The summed E-state index contributed by atoms with van der Waals surface area (Å²) in [5.74, 6) is -0.588. The molecule has 0 bridgehead atoms. The zero-order valence-corrected chi connectivity index (χ0v) is 15.5. The molecular formula is C22H23N3O2. The Balaban J connectivity index is 1.67. The second kappa shape index (κ2) is 7.10. The highest BCUT2D eigenvalue weighted by Crippen LogP contribution is 2.46. The Morgan fingerprint density at radius 1 is 1.15 bits per heavy atom. The Hall–Kier alpha value is -2.75. The quantitative estimate of drug-likeness (QED) is 0.363. The number of hydrogen-bond acceptors (Lipinski definition) is 3. The molecule has 0 radical (unpaired) electrons. The van der Waals surface area contributed by atoms with Crippen LogP contribution in [0.2, 0.25) is 0 Å². The van der Waals surface area contributed by atoms with Gasteiger partial charge in [-0.2, -0.15) is 4.79 Å². The minimum absolute atomic E-state index is 0.0589. The molecular weight excluding hydrogens is 338 g/mol. The molecule has 2 aliphatic rings. The van der Waals surface area contributed by atoms with Gasteiger partial charge in [-0.15, -0.1) is 0 Å². The average molecular weight is 361 g/mol. The van der Waals surface area contributed by atoms with Crippen LogP contribution >= 0.6 is 0 Å². The lowest BCUT2D eigenvalue weighted by molar-refractivity contribution is -0.207. The molecule has 2 saturated heterocycles. The van der Waals surface area contributed by atoms with Gasteiger partial charge in [0, 0.05) is 6.54 Å². The average Bonchev–Trinajstić information content (AvgIpc) is 2.68. The lowest BCUT2D eigenvalue weighted by atomic mass is 9.73. The molecule has 0 saturated carbocycles. The van der Waals surface area contributed by atoms with E-state index >= 15 is 0 Å². The van der Waals surface area contributed by atoms with E-state index in [1.54, 1.807) is 24.3 Å². The van der Waals surface area contributed by atoms with Crippen molar-refractivity contribution in [1.82, 2.24) is 4.90 Å². The maximum Gasteiger partial charge on any atom is 0.423 e. The van der Waals surface area contributed by atoms with Gasteiger partial charge in [-0.3, -0.25) is 4.90 Å². The third kappa shape index (κ3) is 3.09. The van der Waals surface area contributed by atoms with Crippen LogP contribution in [-0.2, 0) is 15.1 Å². The van der Waals surface area contributed by atoms with Crippen LogP contribution in [-0.4, -0.2) is 40.5 Å². The number of rotatable bonds is 4. The number of benzene rings is 2.